The number of hydrogen-bond donors (Lipinski definition) is 0. The van der Waals surface area contributed by atoms with Gasteiger partial charge in [-0.05, 0) is 0 Å². The van der Waals surface area contributed by atoms with Crippen LogP contribution in [0.3, 0.4) is 0 Å². The molecule has 1 radical (unpaired) electrons. The minimum atomic E-state index is 0. The number of rotatable bonds is 0. The quantitative estimate of drug-likeness (QED) is 0.418. The summed E-state index contributed by atoms with van der Waals surface area (Å²) < 4.78 is 0. The first-order valence-corrected chi connectivity index (χ1v) is 1.62. The summed E-state index contributed by atoms with van der Waals surface area (Å²) in [5.41, 5.74) is 0. The molecule has 0 unspecified atom stereocenters. The van der Waals surface area contributed by atoms with Crippen molar-refractivity contribution in [1.29, 1.82) is 0 Å². The molecule has 7 heteroatoms. The summed E-state index contributed by atoms with van der Waals surface area (Å²) in [5, 5.41) is 0. The van der Waals surface area contributed by atoms with Crippen molar-refractivity contribution < 1.29 is 81.0 Å². The van der Waals surface area contributed by atoms with E-state index in [1.165, 1.54) is 0 Å². The zero-order valence-corrected chi connectivity index (χ0v) is 8.77. The first kappa shape index (κ1) is 45.5. The SMILES string of the molecule is [AlH3].[AlH3].[Cu].[Ni].[Ni][Cu].[Zn]. The first-order valence-electron chi connectivity index (χ1n) is 0.0953. The van der Waals surface area contributed by atoms with E-state index in [0.29, 0.717) is 0 Å². The van der Waals surface area contributed by atoms with E-state index in [0.717, 1.165) is 0 Å². The Labute approximate surface area is 114 Å². The third-order valence-electron chi connectivity index (χ3n) is 0. The molecule has 0 spiro atoms. The molecule has 0 nitrogen and oxygen atoms in total. The summed E-state index contributed by atoms with van der Waals surface area (Å²) in [6.07, 6.45) is 0. The predicted octanol–water partition coefficient (Wildman–Crippen LogP) is -2.38. The Balaban J connectivity index is -0.000000000500. The monoisotopic (exact) mass is 366 g/mol. The average Bonchev–Trinajstić information content (AvgIpc) is 1.00. The summed E-state index contributed by atoms with van der Waals surface area (Å²) in [6, 6.07) is 0. The van der Waals surface area contributed by atoms with Gasteiger partial charge in [-0.25, -0.2) is 0 Å². The number of hydrogen-bond acceptors (Lipinski definition) is 0. The molecule has 0 saturated heterocycles. The zero-order chi connectivity index (χ0) is 2.00. The Morgan fingerprint density at radius 1 is 1.00 bits per heavy atom. The Bertz CT molecular complexity index is 13.7. The van der Waals surface area contributed by atoms with Crippen molar-refractivity contribution in [2.45, 2.75) is 0 Å². The van der Waals surface area contributed by atoms with Crippen LogP contribution in [-0.4, -0.2) is 34.7 Å². The molecule has 0 N–H and O–H groups in total. The maximum Gasteiger partial charge on any atom is 0 e. The van der Waals surface area contributed by atoms with Gasteiger partial charge in [-0.15, -0.1) is 0 Å². The summed E-state index contributed by atoms with van der Waals surface area (Å²) >= 11 is 7.25. The van der Waals surface area contributed by atoms with Crippen LogP contribution >= 0.6 is 0 Å². The fourth-order valence-corrected chi connectivity index (χ4v) is 0. The summed E-state index contributed by atoms with van der Waals surface area (Å²) in [5.74, 6) is 0. The zero-order valence-electron chi connectivity index (χ0n) is 1.94. The van der Waals surface area contributed by atoms with Crippen LogP contribution in [0.15, 0.2) is 0 Å². The van der Waals surface area contributed by atoms with Crippen molar-refractivity contribution >= 4 is 34.7 Å². The van der Waals surface area contributed by atoms with E-state index in [-0.39, 0.29) is 87.8 Å². The third kappa shape index (κ3) is 41.9. The molecule has 0 saturated carbocycles. The second-order valence-electron chi connectivity index (χ2n) is 0. The Morgan fingerprint density at radius 2 is 1.00 bits per heavy atom. The van der Waals surface area contributed by atoms with Crippen molar-refractivity contribution in [3.05, 3.63) is 0 Å². The largest absolute Gasteiger partial charge is 0 e. The van der Waals surface area contributed by atoms with E-state index < -0.39 is 0 Å². The van der Waals surface area contributed by atoms with E-state index in [1.54, 1.807) is 0 Å². The summed E-state index contributed by atoms with van der Waals surface area (Å²) in [6.45, 7) is 0. The van der Waals surface area contributed by atoms with Gasteiger partial charge in [0.25, 0.3) is 0 Å². The van der Waals surface area contributed by atoms with E-state index >= 15 is 0 Å². The summed E-state index contributed by atoms with van der Waals surface area (Å²) in [4.78, 5) is 0. The van der Waals surface area contributed by atoms with E-state index in [9.17, 15) is 0 Å². The van der Waals surface area contributed by atoms with E-state index in [1.807, 2.05) is 0 Å². The van der Waals surface area contributed by atoms with Crippen LogP contribution in [0.5, 0.6) is 0 Å². The van der Waals surface area contributed by atoms with Gasteiger partial charge < -0.3 is 0 Å². The van der Waals surface area contributed by atoms with Gasteiger partial charge in [0.2, 0.25) is 0 Å². The molecule has 0 aliphatic rings. The maximum absolute atomic E-state index is 3.81. The van der Waals surface area contributed by atoms with Crippen LogP contribution in [-0.2, 0) is 81.0 Å². The van der Waals surface area contributed by atoms with Crippen LogP contribution in [0, 0.1) is 0 Å². The molecule has 0 atom stereocenters. The van der Waals surface area contributed by atoms with Gasteiger partial charge in [-0.3, -0.25) is 0 Å². The molecule has 0 rings (SSSR count). The molecule has 0 aliphatic carbocycles. The fraction of sp³-hybridized carbons (Fsp3) is 0. The molecule has 7 heavy (non-hydrogen) atoms. The van der Waals surface area contributed by atoms with Crippen LogP contribution in [0.25, 0.3) is 0 Å². The van der Waals surface area contributed by atoms with Gasteiger partial charge in [-0.2, -0.15) is 0 Å². The van der Waals surface area contributed by atoms with Gasteiger partial charge in [0.15, 0.2) is 34.7 Å². The topological polar surface area (TPSA) is 0 Å². The van der Waals surface area contributed by atoms with Crippen molar-refractivity contribution in [3.8, 4) is 0 Å². The van der Waals surface area contributed by atoms with Crippen LogP contribution < -0.4 is 0 Å². The molecule has 0 aromatic carbocycles. The van der Waals surface area contributed by atoms with Gasteiger partial charge in [0.1, 0.15) is 0 Å². The first-order chi connectivity index (χ1) is 1.00. The molecule has 0 amide bonds. The average molecular weight is 370 g/mol. The molecule has 0 bridgehead atoms. The smallest absolute Gasteiger partial charge is 0 e. The van der Waals surface area contributed by atoms with Crippen LogP contribution in [0.4, 0.5) is 0 Å². The van der Waals surface area contributed by atoms with Crippen molar-refractivity contribution in [2.24, 2.45) is 0 Å². The minimum Gasteiger partial charge on any atom is 0 e. The fourth-order valence-electron chi connectivity index (χ4n) is 0. The van der Waals surface area contributed by atoms with Gasteiger partial charge in [0, 0.05) is 53.0 Å². The van der Waals surface area contributed by atoms with E-state index in [4.69, 9.17) is 0 Å². The molecule has 0 aromatic heterocycles. The predicted molar refractivity (Wildman–Crippen MR) is 19.9 cm³/mol. The molecule has 0 heterocycles. The third-order valence-corrected chi connectivity index (χ3v) is 0. The van der Waals surface area contributed by atoms with Crippen molar-refractivity contribution in [3.63, 3.8) is 0 Å². The second kappa shape index (κ2) is 53.5. The Kier molecular flexibility index (Phi) is 348. The van der Waals surface area contributed by atoms with E-state index in [2.05, 4.69) is 28.0 Å². The molecule has 0 fully saturated rings. The second-order valence-corrected chi connectivity index (χ2v) is 0. The molecular formula is H6Al2Cu2Ni2Zn. The van der Waals surface area contributed by atoms with Crippen LogP contribution in [0.1, 0.15) is 0 Å². The standard InChI is InChI=1S/2Al.2Cu.2Ni.Zn.6H. The normalized spacial score (nSPS) is 1.14. The molecule has 0 aliphatic heterocycles. The van der Waals surface area contributed by atoms with Gasteiger partial charge >= 0.3 is 28.0 Å². The Hall–Kier alpha value is 3.71. The molecule has 56 valence electrons. The van der Waals surface area contributed by atoms with Gasteiger partial charge in [-0.1, -0.05) is 0 Å². The maximum atomic E-state index is 3.81. The molecular weight excluding hydrogens is 364 g/mol. The molecule has 0 aromatic rings. The summed E-state index contributed by atoms with van der Waals surface area (Å²) in [7, 11) is 0. The van der Waals surface area contributed by atoms with Crippen molar-refractivity contribution in [2.75, 3.05) is 0 Å². The Morgan fingerprint density at radius 3 is 1.00 bits per heavy atom. The van der Waals surface area contributed by atoms with Gasteiger partial charge in [0.05, 0.1) is 0 Å². The van der Waals surface area contributed by atoms with Crippen molar-refractivity contribution in [1.82, 2.24) is 0 Å². The minimum absolute atomic E-state index is 0. The van der Waals surface area contributed by atoms with Crippen LogP contribution in [0.2, 0.25) is 0 Å².